The molecule has 3 atom stereocenters. The number of carbonyl (C=O) groups is 1. The topological polar surface area (TPSA) is 46.3 Å². The zero-order valence-electron chi connectivity index (χ0n) is 12.2. The molecule has 3 heteroatoms. The van der Waals surface area contributed by atoms with Crippen molar-refractivity contribution in [3.8, 4) is 0 Å². The van der Waals surface area contributed by atoms with E-state index in [9.17, 15) is 4.79 Å². The van der Waals surface area contributed by atoms with E-state index < -0.39 is 0 Å². The average molecular weight is 264 g/mol. The van der Waals surface area contributed by atoms with Gasteiger partial charge in [0.05, 0.1) is 0 Å². The van der Waals surface area contributed by atoms with Gasteiger partial charge in [0, 0.05) is 25.6 Å². The van der Waals surface area contributed by atoms with Crippen LogP contribution in [0.4, 0.5) is 0 Å². The zero-order chi connectivity index (χ0) is 13.5. The van der Waals surface area contributed by atoms with Crippen LogP contribution in [0, 0.1) is 17.3 Å². The lowest BCUT2D eigenvalue weighted by Crippen LogP contribution is -2.36. The zero-order valence-corrected chi connectivity index (χ0v) is 12.2. The molecule has 0 aromatic carbocycles. The Morgan fingerprint density at radius 3 is 2.63 bits per heavy atom. The number of carbonyl (C=O) groups excluding carboxylic acids is 1. The summed E-state index contributed by atoms with van der Waals surface area (Å²) < 4.78 is 0. The first-order chi connectivity index (χ1) is 9.07. The van der Waals surface area contributed by atoms with Crippen LogP contribution in [0.5, 0.6) is 0 Å². The summed E-state index contributed by atoms with van der Waals surface area (Å²) in [6.45, 7) is 4.22. The van der Waals surface area contributed by atoms with E-state index >= 15 is 0 Å². The van der Waals surface area contributed by atoms with Crippen LogP contribution < -0.4 is 5.73 Å². The normalized spacial score (nSPS) is 37.4. The number of fused-ring (bicyclic) bond motifs is 1. The fourth-order valence-corrected chi connectivity index (χ4v) is 4.57. The van der Waals surface area contributed by atoms with Crippen LogP contribution in [0.2, 0.25) is 0 Å². The fraction of sp³-hybridized carbons (Fsp3) is 0.938. The highest BCUT2D eigenvalue weighted by molar-refractivity contribution is 5.77. The molecular weight excluding hydrogens is 236 g/mol. The molecule has 1 saturated heterocycles. The third-order valence-electron chi connectivity index (χ3n) is 5.90. The van der Waals surface area contributed by atoms with Gasteiger partial charge in [-0.15, -0.1) is 0 Å². The second-order valence-electron chi connectivity index (χ2n) is 7.51. The van der Waals surface area contributed by atoms with Crippen LogP contribution in [0.1, 0.15) is 58.3 Å². The van der Waals surface area contributed by atoms with Gasteiger partial charge in [0.15, 0.2) is 0 Å². The third-order valence-corrected chi connectivity index (χ3v) is 5.90. The minimum absolute atomic E-state index is 0.273. The van der Waals surface area contributed by atoms with Gasteiger partial charge in [0.2, 0.25) is 5.91 Å². The van der Waals surface area contributed by atoms with E-state index in [0.717, 1.165) is 25.9 Å². The quantitative estimate of drug-likeness (QED) is 0.833. The summed E-state index contributed by atoms with van der Waals surface area (Å²) in [5.41, 5.74) is 6.43. The largest absolute Gasteiger partial charge is 0.342 e. The Balaban J connectivity index is 1.57. The van der Waals surface area contributed by atoms with Crippen LogP contribution in [-0.4, -0.2) is 29.9 Å². The number of likely N-dealkylation sites (tertiary alicyclic amines) is 1. The summed E-state index contributed by atoms with van der Waals surface area (Å²) in [5.74, 6) is 1.67. The molecule has 0 bridgehead atoms. The molecule has 3 aliphatic rings. The lowest BCUT2D eigenvalue weighted by molar-refractivity contribution is -0.133. The Labute approximate surface area is 116 Å². The predicted octanol–water partition coefficient (Wildman–Crippen LogP) is 2.54. The van der Waals surface area contributed by atoms with E-state index in [4.69, 9.17) is 5.73 Å². The predicted molar refractivity (Wildman–Crippen MR) is 76.6 cm³/mol. The molecule has 0 radical (unpaired) electrons. The van der Waals surface area contributed by atoms with E-state index in [-0.39, 0.29) is 5.41 Å². The van der Waals surface area contributed by atoms with Crippen molar-refractivity contribution in [3.05, 3.63) is 0 Å². The molecule has 1 aliphatic heterocycles. The van der Waals surface area contributed by atoms with Gasteiger partial charge in [0.1, 0.15) is 0 Å². The van der Waals surface area contributed by atoms with Gasteiger partial charge in [-0.2, -0.15) is 0 Å². The van der Waals surface area contributed by atoms with Gasteiger partial charge in [-0.25, -0.2) is 0 Å². The summed E-state index contributed by atoms with van der Waals surface area (Å²) in [6.07, 6.45) is 9.59. The highest BCUT2D eigenvalue weighted by Gasteiger charge is 2.43. The van der Waals surface area contributed by atoms with E-state index in [1.165, 1.54) is 38.5 Å². The molecule has 0 spiro atoms. The summed E-state index contributed by atoms with van der Waals surface area (Å²) in [6, 6.07) is 0.341. The second kappa shape index (κ2) is 5.08. The lowest BCUT2D eigenvalue weighted by atomic mass is 9.73. The monoisotopic (exact) mass is 264 g/mol. The Kier molecular flexibility index (Phi) is 3.59. The number of nitrogens with two attached hydrogens (primary N) is 1. The lowest BCUT2D eigenvalue weighted by Gasteiger charge is -2.34. The molecule has 3 nitrogen and oxygen atoms in total. The molecular formula is C16H28N2O. The maximum absolute atomic E-state index is 12.5. The molecule has 0 aromatic heterocycles. The first-order valence-electron chi connectivity index (χ1n) is 8.11. The first kappa shape index (κ1) is 13.4. The number of hydrogen-bond donors (Lipinski definition) is 1. The van der Waals surface area contributed by atoms with Crippen molar-refractivity contribution >= 4 is 5.91 Å². The van der Waals surface area contributed by atoms with Crippen molar-refractivity contribution in [1.29, 1.82) is 0 Å². The summed E-state index contributed by atoms with van der Waals surface area (Å²) in [5, 5.41) is 0. The van der Waals surface area contributed by atoms with Crippen molar-refractivity contribution in [3.63, 3.8) is 0 Å². The van der Waals surface area contributed by atoms with Crippen LogP contribution in [0.25, 0.3) is 0 Å². The Morgan fingerprint density at radius 1 is 1.21 bits per heavy atom. The number of hydrogen-bond acceptors (Lipinski definition) is 2. The third kappa shape index (κ3) is 2.67. The summed E-state index contributed by atoms with van der Waals surface area (Å²) >= 11 is 0. The number of rotatable bonds is 2. The van der Waals surface area contributed by atoms with E-state index in [2.05, 4.69) is 11.8 Å². The van der Waals surface area contributed by atoms with Gasteiger partial charge >= 0.3 is 0 Å². The minimum atomic E-state index is 0.273. The molecule has 3 rings (SSSR count). The second-order valence-corrected chi connectivity index (χ2v) is 7.51. The van der Waals surface area contributed by atoms with E-state index in [1.807, 2.05) is 0 Å². The van der Waals surface area contributed by atoms with Gasteiger partial charge in [-0.3, -0.25) is 4.79 Å². The molecule has 2 aliphatic carbocycles. The Bertz CT molecular complexity index is 349. The molecule has 1 amide bonds. The number of nitrogens with zero attached hydrogens (tertiary/aromatic N) is 1. The van der Waals surface area contributed by atoms with Gasteiger partial charge in [-0.05, 0) is 42.9 Å². The van der Waals surface area contributed by atoms with Crippen LogP contribution >= 0.6 is 0 Å². The van der Waals surface area contributed by atoms with Crippen molar-refractivity contribution in [2.75, 3.05) is 13.1 Å². The Morgan fingerprint density at radius 2 is 1.95 bits per heavy atom. The SMILES string of the molecule is CC1(CC(=O)N2CC3CCC(N)C3C2)CCCCC1. The van der Waals surface area contributed by atoms with E-state index in [1.54, 1.807) is 0 Å². The van der Waals surface area contributed by atoms with Crippen molar-refractivity contribution in [2.45, 2.75) is 64.3 Å². The molecule has 19 heavy (non-hydrogen) atoms. The maximum atomic E-state index is 12.5. The molecule has 1 heterocycles. The highest BCUT2D eigenvalue weighted by atomic mass is 16.2. The molecule has 0 aromatic rings. The maximum Gasteiger partial charge on any atom is 0.223 e. The molecule has 2 N–H and O–H groups in total. The van der Waals surface area contributed by atoms with Crippen LogP contribution in [0.3, 0.4) is 0 Å². The average Bonchev–Trinajstić information content (AvgIpc) is 2.92. The standard InChI is InChI=1S/C16H28N2O/c1-16(7-3-2-4-8-16)9-15(19)18-10-12-5-6-14(17)13(12)11-18/h12-14H,2-11,17H2,1H3. The van der Waals surface area contributed by atoms with Crippen molar-refractivity contribution in [2.24, 2.45) is 23.0 Å². The smallest absolute Gasteiger partial charge is 0.223 e. The van der Waals surface area contributed by atoms with Crippen molar-refractivity contribution in [1.82, 2.24) is 4.90 Å². The van der Waals surface area contributed by atoms with Gasteiger partial charge in [-0.1, -0.05) is 26.2 Å². The molecule has 108 valence electrons. The number of amides is 1. The molecule has 3 fully saturated rings. The fourth-order valence-electron chi connectivity index (χ4n) is 4.57. The summed E-state index contributed by atoms with van der Waals surface area (Å²) in [4.78, 5) is 14.7. The van der Waals surface area contributed by atoms with Gasteiger partial charge in [0.25, 0.3) is 0 Å². The first-order valence-corrected chi connectivity index (χ1v) is 8.11. The van der Waals surface area contributed by atoms with Crippen LogP contribution in [-0.2, 0) is 4.79 Å². The van der Waals surface area contributed by atoms with Gasteiger partial charge < -0.3 is 10.6 Å². The van der Waals surface area contributed by atoms with Crippen molar-refractivity contribution < 1.29 is 4.79 Å². The van der Waals surface area contributed by atoms with Crippen LogP contribution in [0.15, 0.2) is 0 Å². The van der Waals surface area contributed by atoms with E-state index in [0.29, 0.717) is 23.8 Å². The highest BCUT2D eigenvalue weighted by Crippen LogP contribution is 2.41. The summed E-state index contributed by atoms with van der Waals surface area (Å²) in [7, 11) is 0. The Hall–Kier alpha value is -0.570. The minimum Gasteiger partial charge on any atom is -0.342 e. The molecule has 3 unspecified atom stereocenters. The molecule has 2 saturated carbocycles.